The molecule has 0 heterocycles. The minimum Gasteiger partial charge on any atom is -0.479 e. The molecule has 2 saturated carbocycles. The fourth-order valence-electron chi connectivity index (χ4n) is 3.21. The van der Waals surface area contributed by atoms with Gasteiger partial charge in [0, 0.05) is 24.8 Å². The summed E-state index contributed by atoms with van der Waals surface area (Å²) >= 11 is 0. The fraction of sp³-hybridized carbons (Fsp3) is 0.727. The number of fused-ring (bicyclic) bond motifs is 1. The minimum absolute atomic E-state index is 0. The number of carboxylic acid groups (broad SMARTS) is 2. The average molecular weight is 311 g/mol. The van der Waals surface area contributed by atoms with Gasteiger partial charge in [-0.05, 0) is 12.8 Å². The van der Waals surface area contributed by atoms with Crippen molar-refractivity contribution in [1.82, 2.24) is 5.32 Å². The molecule has 2 fully saturated rings. The van der Waals surface area contributed by atoms with Crippen molar-refractivity contribution in [2.75, 3.05) is 6.54 Å². The van der Waals surface area contributed by atoms with Gasteiger partial charge in [0.25, 0.3) is 0 Å². The molecule has 0 bridgehead atoms. The molecule has 2 aliphatic carbocycles. The smallest absolute Gasteiger partial charge is 0.342 e. The van der Waals surface area contributed by atoms with E-state index in [1.54, 1.807) is 0 Å². The van der Waals surface area contributed by atoms with Crippen LogP contribution in [0, 0.1) is 11.8 Å². The van der Waals surface area contributed by atoms with Gasteiger partial charge in [0.1, 0.15) is 5.54 Å². The van der Waals surface area contributed by atoms with Crippen molar-refractivity contribution in [3.05, 3.63) is 0 Å². The van der Waals surface area contributed by atoms with Gasteiger partial charge in [-0.2, -0.15) is 0 Å². The Morgan fingerprint density at radius 3 is 2.30 bits per heavy atom. The zero-order chi connectivity index (χ0) is 14.4. The third-order valence-electron chi connectivity index (χ3n) is 4.11. The van der Waals surface area contributed by atoms with E-state index in [0.717, 1.165) is 0 Å². The van der Waals surface area contributed by atoms with Crippen molar-refractivity contribution in [1.29, 1.82) is 0 Å². The molecule has 0 aromatic rings. The van der Waals surface area contributed by atoms with Gasteiger partial charge in [0.05, 0.1) is 0 Å². The number of alkyl halides is 1. The molecule has 114 valence electrons. The first-order valence-electron chi connectivity index (χ1n) is 5.97. The second-order valence-corrected chi connectivity index (χ2v) is 5.06. The van der Waals surface area contributed by atoms with Gasteiger partial charge in [-0.15, -0.1) is 12.4 Å². The van der Waals surface area contributed by atoms with Crippen molar-refractivity contribution in [3.63, 3.8) is 0 Å². The monoisotopic (exact) mass is 310 g/mol. The van der Waals surface area contributed by atoms with Gasteiger partial charge < -0.3 is 21.3 Å². The summed E-state index contributed by atoms with van der Waals surface area (Å²) in [4.78, 5) is 33.9. The maximum absolute atomic E-state index is 14.2. The maximum Gasteiger partial charge on any atom is 0.342 e. The van der Waals surface area contributed by atoms with E-state index in [1.807, 2.05) is 0 Å². The molecule has 20 heavy (non-hydrogen) atoms. The third-order valence-corrected chi connectivity index (χ3v) is 4.11. The van der Waals surface area contributed by atoms with Gasteiger partial charge >= 0.3 is 11.9 Å². The lowest BCUT2D eigenvalue weighted by Gasteiger charge is -2.29. The van der Waals surface area contributed by atoms with Gasteiger partial charge in [-0.25, -0.2) is 14.0 Å². The molecule has 0 unspecified atom stereocenters. The Balaban J connectivity index is 0.00000200. The molecular weight excluding hydrogens is 295 g/mol. The molecule has 7 nitrogen and oxygen atoms in total. The molecule has 0 aliphatic heterocycles. The molecule has 0 spiro atoms. The summed E-state index contributed by atoms with van der Waals surface area (Å²) < 4.78 is 14.2. The van der Waals surface area contributed by atoms with Gasteiger partial charge in [-0.3, -0.25) is 4.79 Å². The second-order valence-electron chi connectivity index (χ2n) is 5.06. The van der Waals surface area contributed by atoms with E-state index in [2.05, 4.69) is 5.32 Å². The summed E-state index contributed by atoms with van der Waals surface area (Å²) in [5.74, 6) is -5.73. The van der Waals surface area contributed by atoms with E-state index in [4.69, 9.17) is 10.8 Å². The van der Waals surface area contributed by atoms with Gasteiger partial charge in [-0.1, -0.05) is 0 Å². The molecule has 0 radical (unpaired) electrons. The van der Waals surface area contributed by atoms with Crippen LogP contribution in [0.5, 0.6) is 0 Å². The molecule has 2 rings (SSSR count). The second kappa shape index (κ2) is 5.17. The van der Waals surface area contributed by atoms with Crippen LogP contribution >= 0.6 is 12.4 Å². The van der Waals surface area contributed by atoms with E-state index in [0.29, 0.717) is 0 Å². The zero-order valence-corrected chi connectivity index (χ0v) is 11.3. The van der Waals surface area contributed by atoms with Crippen LogP contribution in [-0.4, -0.2) is 45.8 Å². The Morgan fingerprint density at radius 2 is 1.90 bits per heavy atom. The van der Waals surface area contributed by atoms with E-state index in [9.17, 15) is 23.9 Å². The highest BCUT2D eigenvalue weighted by molar-refractivity contribution is 5.93. The molecule has 9 heteroatoms. The van der Waals surface area contributed by atoms with Crippen LogP contribution < -0.4 is 11.1 Å². The number of nitrogens with one attached hydrogen (secondary N) is 1. The van der Waals surface area contributed by atoms with Crippen LogP contribution in [0.4, 0.5) is 4.39 Å². The minimum atomic E-state index is -2.55. The van der Waals surface area contributed by atoms with Crippen molar-refractivity contribution in [2.24, 2.45) is 17.6 Å². The van der Waals surface area contributed by atoms with Crippen LogP contribution in [0.25, 0.3) is 0 Å². The number of carbonyl (C=O) groups is 3. The van der Waals surface area contributed by atoms with E-state index < -0.39 is 40.9 Å². The standard InChI is InChI=1S/C11H15FN2O5.ClH/c12-11(9(18)19)5-1-3-10(7(5)11,8(16)17)14-6(15)2-4-13;/h5,7H,1-4,13H2,(H,14,15)(H,16,17)(H,18,19);1H/t5-,7-,10+,11-;/m1./s1. The number of amides is 1. The van der Waals surface area contributed by atoms with Crippen LogP contribution in [-0.2, 0) is 14.4 Å². The van der Waals surface area contributed by atoms with Crippen LogP contribution in [0.3, 0.4) is 0 Å². The average Bonchev–Trinajstić information content (AvgIpc) is 2.74. The largest absolute Gasteiger partial charge is 0.479 e. The summed E-state index contributed by atoms with van der Waals surface area (Å²) in [5, 5.41) is 20.4. The van der Waals surface area contributed by atoms with Crippen molar-refractivity contribution in [2.45, 2.75) is 30.5 Å². The van der Waals surface area contributed by atoms with Crippen molar-refractivity contribution < 1.29 is 29.0 Å². The lowest BCUT2D eigenvalue weighted by atomic mass is 9.89. The highest BCUT2D eigenvalue weighted by Crippen LogP contribution is 2.67. The Labute approximate surface area is 120 Å². The Kier molecular flexibility index (Phi) is 4.31. The molecule has 4 atom stereocenters. The molecule has 5 N–H and O–H groups in total. The maximum atomic E-state index is 14.2. The summed E-state index contributed by atoms with van der Waals surface area (Å²) in [7, 11) is 0. The van der Waals surface area contributed by atoms with Gasteiger partial charge in [0.2, 0.25) is 11.6 Å². The summed E-state index contributed by atoms with van der Waals surface area (Å²) in [6.45, 7) is 0.0370. The SMILES string of the molecule is Cl.NCCC(=O)N[C@@]1(C(=O)O)CC[C@@H]2[C@H]1[C@@]2(F)C(=O)O. The Hall–Kier alpha value is -1.41. The van der Waals surface area contributed by atoms with Crippen molar-refractivity contribution >= 4 is 30.3 Å². The molecule has 0 aromatic heterocycles. The topological polar surface area (TPSA) is 130 Å². The zero-order valence-electron chi connectivity index (χ0n) is 10.5. The number of hydrogen-bond donors (Lipinski definition) is 4. The molecule has 1 amide bonds. The highest BCUT2D eigenvalue weighted by atomic mass is 35.5. The molecule has 2 aliphatic rings. The summed E-state index contributed by atoms with van der Waals surface area (Å²) in [5.41, 5.74) is 0.815. The predicted octanol–water partition coefficient (Wildman–Crippen LogP) is -0.471. The number of carboxylic acids is 2. The number of halogens is 2. The fourth-order valence-corrected chi connectivity index (χ4v) is 3.21. The first-order valence-corrected chi connectivity index (χ1v) is 5.97. The van der Waals surface area contributed by atoms with E-state index in [-0.39, 0.29) is 38.2 Å². The number of rotatable bonds is 5. The first-order chi connectivity index (χ1) is 8.80. The third kappa shape index (κ3) is 2.03. The lowest BCUT2D eigenvalue weighted by molar-refractivity contribution is -0.153. The highest BCUT2D eigenvalue weighted by Gasteiger charge is 2.83. The van der Waals surface area contributed by atoms with Crippen LogP contribution in [0.1, 0.15) is 19.3 Å². The number of hydrogen-bond acceptors (Lipinski definition) is 4. The Bertz CT molecular complexity index is 462. The Morgan fingerprint density at radius 1 is 1.30 bits per heavy atom. The van der Waals surface area contributed by atoms with Gasteiger partial charge in [0.15, 0.2) is 0 Å². The molecule has 0 saturated heterocycles. The number of carbonyl (C=O) groups excluding carboxylic acids is 1. The van der Waals surface area contributed by atoms with Crippen LogP contribution in [0.2, 0.25) is 0 Å². The molecule has 0 aromatic carbocycles. The quantitative estimate of drug-likeness (QED) is 0.543. The summed E-state index contributed by atoms with van der Waals surface area (Å²) in [6, 6.07) is 0. The summed E-state index contributed by atoms with van der Waals surface area (Å²) in [6.07, 6.45) is 0.0778. The van der Waals surface area contributed by atoms with Crippen LogP contribution in [0.15, 0.2) is 0 Å². The van der Waals surface area contributed by atoms with E-state index in [1.165, 1.54) is 0 Å². The van der Waals surface area contributed by atoms with E-state index >= 15 is 0 Å². The first kappa shape index (κ1) is 16.6. The number of aliphatic carboxylic acids is 2. The lowest BCUT2D eigenvalue weighted by Crippen LogP contribution is -2.57. The normalized spacial score (nSPS) is 37.5. The van der Waals surface area contributed by atoms with Crippen molar-refractivity contribution in [3.8, 4) is 0 Å². The molecular formula is C11H16ClFN2O5. The predicted molar refractivity (Wildman–Crippen MR) is 67.1 cm³/mol. The number of nitrogens with two attached hydrogens (primary N) is 1.